The van der Waals surface area contributed by atoms with E-state index in [1.54, 1.807) is 37.1 Å². The number of alkyl carbamates (subject to hydrolysis) is 2. The summed E-state index contributed by atoms with van der Waals surface area (Å²) in [6, 6.07) is 18.8. The molecular formula is C46H52FN7O7. The van der Waals surface area contributed by atoms with Gasteiger partial charge >= 0.3 is 12.2 Å². The smallest absolute Gasteiger partial charge is 0.407 e. The molecule has 0 bridgehead atoms. The number of nitrogens with one attached hydrogen (secondary N) is 4. The molecule has 4 N–H and O–H groups in total. The highest BCUT2D eigenvalue weighted by Gasteiger charge is 2.39. The Balaban J connectivity index is 1.06. The van der Waals surface area contributed by atoms with E-state index in [1.807, 2.05) is 68.4 Å². The second-order valence-electron chi connectivity index (χ2n) is 16.4. The zero-order chi connectivity index (χ0) is 43.5. The van der Waals surface area contributed by atoms with Crippen molar-refractivity contribution in [3.63, 3.8) is 0 Å². The molecule has 0 aliphatic carbocycles. The number of hydrogen-bond acceptors (Lipinski definition) is 8. The lowest BCUT2D eigenvalue weighted by Gasteiger charge is -2.31. The third-order valence-corrected chi connectivity index (χ3v) is 11.8. The summed E-state index contributed by atoms with van der Waals surface area (Å²) in [5.41, 5.74) is 5.23. The fourth-order valence-electron chi connectivity index (χ4n) is 8.45. The number of H-pyrrole nitrogens is 2. The lowest BCUT2D eigenvalue weighted by molar-refractivity contribution is -0.136. The number of amides is 4. The van der Waals surface area contributed by atoms with E-state index in [2.05, 4.69) is 25.6 Å². The van der Waals surface area contributed by atoms with Gasteiger partial charge < -0.3 is 39.9 Å². The number of methoxy groups -OCH3 is 2. The van der Waals surface area contributed by atoms with E-state index < -0.39 is 41.6 Å². The van der Waals surface area contributed by atoms with E-state index in [-0.39, 0.29) is 40.8 Å². The number of carbonyl (C=O) groups is 4. The van der Waals surface area contributed by atoms with Crippen molar-refractivity contribution in [2.24, 2.45) is 11.8 Å². The topological polar surface area (TPSA) is 179 Å². The van der Waals surface area contributed by atoms with E-state index in [0.717, 1.165) is 46.4 Å². The van der Waals surface area contributed by atoms with Gasteiger partial charge in [-0.15, -0.1) is 0 Å². The van der Waals surface area contributed by atoms with Crippen LogP contribution in [0.25, 0.3) is 44.4 Å². The molecule has 7 rings (SSSR count). The predicted octanol–water partition coefficient (Wildman–Crippen LogP) is 7.48. The first-order valence-corrected chi connectivity index (χ1v) is 20.7. The summed E-state index contributed by atoms with van der Waals surface area (Å²) >= 11 is 0. The van der Waals surface area contributed by atoms with Gasteiger partial charge in [0.15, 0.2) is 5.82 Å². The maximum Gasteiger partial charge on any atom is 0.407 e. The van der Waals surface area contributed by atoms with Crippen molar-refractivity contribution in [3.05, 3.63) is 100 Å². The fourth-order valence-corrected chi connectivity index (χ4v) is 8.45. The quantitative estimate of drug-likeness (QED) is 0.106. The van der Waals surface area contributed by atoms with E-state index in [0.29, 0.717) is 37.3 Å². The Morgan fingerprint density at radius 2 is 1.18 bits per heavy atom. The maximum atomic E-state index is 15.8. The summed E-state index contributed by atoms with van der Waals surface area (Å²) in [5.74, 6) is -1.13. The first kappa shape index (κ1) is 42.6. The third kappa shape index (κ3) is 8.73. The van der Waals surface area contributed by atoms with E-state index in [1.165, 1.54) is 19.1 Å². The molecule has 14 nitrogen and oxygen atoms in total. The number of likely N-dealkylation sites (tertiary alicyclic amines) is 2. The van der Waals surface area contributed by atoms with Gasteiger partial charge in [-0.3, -0.25) is 14.4 Å². The SMILES string of the molecule is COC(=O)N[C@H](C(=O)N1CCC[C@H]1c1ncc(-c2ccc(-c3ccc(-c4ccc5c(=O)c(F)c([C@@H]6CCCN6C(=O)[C@@H](NC(=O)OC)C(C)C)[nH]c5c4)cc3)cc2)[nH]1)C(C)C. The van der Waals surface area contributed by atoms with Crippen molar-refractivity contribution in [3.8, 4) is 33.5 Å². The minimum Gasteiger partial charge on any atom is -0.453 e. The van der Waals surface area contributed by atoms with E-state index >= 15 is 4.39 Å². The number of benzene rings is 3. The molecule has 3 aromatic carbocycles. The fraction of sp³-hybridized carbons (Fsp3) is 0.391. The average Bonchev–Trinajstić information content (AvgIpc) is 4.07. The Kier molecular flexibility index (Phi) is 12.6. The van der Waals surface area contributed by atoms with Crippen molar-refractivity contribution >= 4 is 34.9 Å². The first-order chi connectivity index (χ1) is 29.3. The number of ether oxygens (including phenoxy) is 2. The number of imidazole rings is 1. The molecule has 4 amide bonds. The number of fused-ring (bicyclic) bond motifs is 1. The molecule has 4 heterocycles. The van der Waals surface area contributed by atoms with Crippen LogP contribution in [-0.4, -0.2) is 88.1 Å². The Bertz CT molecular complexity index is 2480. The number of aromatic nitrogens is 3. The highest BCUT2D eigenvalue weighted by molar-refractivity contribution is 5.88. The van der Waals surface area contributed by atoms with Crippen molar-refractivity contribution in [1.29, 1.82) is 0 Å². The summed E-state index contributed by atoms with van der Waals surface area (Å²) in [4.78, 5) is 79.2. The summed E-state index contributed by atoms with van der Waals surface area (Å²) in [5, 5.41) is 5.49. The average molecular weight is 834 g/mol. The van der Waals surface area contributed by atoms with Crippen LogP contribution in [0.15, 0.2) is 77.7 Å². The Labute approximate surface area is 353 Å². The van der Waals surface area contributed by atoms with Gasteiger partial charge in [0.1, 0.15) is 17.9 Å². The molecule has 2 aliphatic rings. The minimum absolute atomic E-state index is 0.0478. The van der Waals surface area contributed by atoms with Gasteiger partial charge in [0.25, 0.3) is 0 Å². The van der Waals surface area contributed by atoms with Gasteiger partial charge in [-0.2, -0.15) is 0 Å². The number of hydrogen-bond donors (Lipinski definition) is 4. The number of rotatable bonds is 11. The van der Waals surface area contributed by atoms with Crippen molar-refractivity contribution in [2.45, 2.75) is 77.5 Å². The van der Waals surface area contributed by atoms with Crippen LogP contribution in [0.3, 0.4) is 0 Å². The van der Waals surface area contributed by atoms with Gasteiger partial charge in [0, 0.05) is 18.5 Å². The van der Waals surface area contributed by atoms with Crippen LogP contribution in [0.2, 0.25) is 0 Å². The molecule has 320 valence electrons. The van der Waals surface area contributed by atoms with Crippen LogP contribution in [0.5, 0.6) is 0 Å². The second-order valence-corrected chi connectivity index (χ2v) is 16.4. The van der Waals surface area contributed by atoms with Crippen molar-refractivity contribution < 1.29 is 33.0 Å². The number of pyridine rings is 1. The molecule has 2 fully saturated rings. The molecule has 5 aromatic rings. The van der Waals surface area contributed by atoms with Gasteiger partial charge in [-0.1, -0.05) is 82.3 Å². The largest absolute Gasteiger partial charge is 0.453 e. The summed E-state index contributed by atoms with van der Waals surface area (Å²) < 4.78 is 25.3. The summed E-state index contributed by atoms with van der Waals surface area (Å²) in [7, 11) is 2.50. The first-order valence-electron chi connectivity index (χ1n) is 20.7. The van der Waals surface area contributed by atoms with Crippen LogP contribution in [0.1, 0.15) is 77.0 Å². The lowest BCUT2D eigenvalue weighted by atomic mass is 9.98. The zero-order valence-corrected chi connectivity index (χ0v) is 35.2. The van der Waals surface area contributed by atoms with Crippen molar-refractivity contribution in [2.75, 3.05) is 27.3 Å². The molecule has 0 saturated carbocycles. The molecule has 2 aliphatic heterocycles. The molecule has 61 heavy (non-hydrogen) atoms. The summed E-state index contributed by atoms with van der Waals surface area (Å²) in [6.07, 6.45) is 3.05. The molecular weight excluding hydrogens is 782 g/mol. The maximum absolute atomic E-state index is 15.8. The molecule has 0 radical (unpaired) electrons. The Morgan fingerprint density at radius 1 is 0.705 bits per heavy atom. The lowest BCUT2D eigenvalue weighted by Crippen LogP contribution is -2.51. The number of aromatic amines is 2. The number of nitrogens with zero attached hydrogens (tertiary/aromatic N) is 3. The summed E-state index contributed by atoms with van der Waals surface area (Å²) in [6.45, 7) is 8.31. The van der Waals surface area contributed by atoms with Crippen molar-refractivity contribution in [1.82, 2.24) is 35.4 Å². The van der Waals surface area contributed by atoms with Crippen LogP contribution in [-0.2, 0) is 19.1 Å². The molecule has 2 aromatic heterocycles. The van der Waals surface area contributed by atoms with Crippen LogP contribution in [0, 0.1) is 17.7 Å². The van der Waals surface area contributed by atoms with Gasteiger partial charge in [0.05, 0.1) is 49.4 Å². The molecule has 0 unspecified atom stereocenters. The standard InChI is InChI=1S/C46H52FN7O7/c1-25(2)38(51-45(58)60-5)43(56)53-21-7-9-35(53)40-37(47)41(55)32-20-19-31(23-33(32)49-40)29-13-11-27(12-14-29)28-15-17-30(18-16-28)34-24-48-42(50-34)36-10-8-22-54(36)44(57)39(26(3)4)52-46(59)61-6/h11-20,23-26,35-36,38-39H,7-10,21-22H2,1-6H3,(H,48,50)(H,49,55)(H,51,58)(H,52,59)/t35-,36-,38-,39-/m0/s1. The third-order valence-electron chi connectivity index (χ3n) is 11.8. The van der Waals surface area contributed by atoms with Gasteiger partial charge in [0.2, 0.25) is 17.2 Å². The Morgan fingerprint density at radius 3 is 1.70 bits per heavy atom. The molecule has 4 atom stereocenters. The molecule has 0 spiro atoms. The number of carbonyl (C=O) groups excluding carboxylic acids is 4. The highest BCUT2D eigenvalue weighted by Crippen LogP contribution is 2.36. The van der Waals surface area contributed by atoms with E-state index in [4.69, 9.17) is 9.47 Å². The van der Waals surface area contributed by atoms with Gasteiger partial charge in [-0.25, -0.2) is 19.0 Å². The van der Waals surface area contributed by atoms with Gasteiger partial charge in [-0.05, 0) is 77.5 Å². The van der Waals surface area contributed by atoms with E-state index in [9.17, 15) is 24.0 Å². The highest BCUT2D eigenvalue weighted by atomic mass is 19.1. The zero-order valence-electron chi connectivity index (χ0n) is 35.2. The van der Waals surface area contributed by atoms with Crippen LogP contribution >= 0.6 is 0 Å². The number of halogens is 1. The molecule has 2 saturated heterocycles. The van der Waals surface area contributed by atoms with Crippen LogP contribution in [0.4, 0.5) is 14.0 Å². The normalized spacial score (nSPS) is 17.5. The Hall–Kier alpha value is -6.51. The van der Waals surface area contributed by atoms with Crippen LogP contribution < -0.4 is 16.1 Å². The monoisotopic (exact) mass is 833 g/mol. The predicted molar refractivity (Wildman–Crippen MR) is 229 cm³/mol. The molecule has 15 heteroatoms. The minimum atomic E-state index is -0.922. The second kappa shape index (κ2) is 18.0.